The van der Waals surface area contributed by atoms with E-state index >= 15 is 0 Å². The van der Waals surface area contributed by atoms with E-state index in [1.807, 2.05) is 24.5 Å². The number of carbonyl (C=O) groups is 1. The summed E-state index contributed by atoms with van der Waals surface area (Å²) in [5.74, 6) is 0.283. The minimum absolute atomic E-state index is 0.0135. The third-order valence-electron chi connectivity index (χ3n) is 6.14. The van der Waals surface area contributed by atoms with Gasteiger partial charge in [0.2, 0.25) is 5.91 Å². The van der Waals surface area contributed by atoms with Crippen molar-refractivity contribution in [2.24, 2.45) is 5.92 Å². The number of rotatable bonds is 7. The van der Waals surface area contributed by atoms with Crippen molar-refractivity contribution in [2.75, 3.05) is 36.4 Å². The number of nitrogens with zero attached hydrogens (tertiary/aromatic N) is 3. The van der Waals surface area contributed by atoms with Gasteiger partial charge in [0.1, 0.15) is 5.82 Å². The first-order valence-electron chi connectivity index (χ1n) is 11.0. The molecule has 2 aromatic rings. The molecular weight excluding hydrogens is 399 g/mol. The Morgan fingerprint density at radius 1 is 1.27 bits per heavy atom. The monoisotopic (exact) mass is 430 g/mol. The molecule has 5 nitrogen and oxygen atoms in total. The van der Waals surface area contributed by atoms with Gasteiger partial charge in [-0.25, -0.2) is 9.37 Å². The summed E-state index contributed by atoms with van der Waals surface area (Å²) in [7, 11) is 0. The zero-order valence-electron chi connectivity index (χ0n) is 17.7. The van der Waals surface area contributed by atoms with Crippen LogP contribution in [0.1, 0.15) is 49.0 Å². The molecule has 2 aliphatic heterocycles. The van der Waals surface area contributed by atoms with Gasteiger partial charge in [-0.1, -0.05) is 0 Å². The van der Waals surface area contributed by atoms with E-state index in [1.165, 1.54) is 47.8 Å². The number of thiazole rings is 1. The molecule has 1 atom stereocenters. The molecule has 0 radical (unpaired) electrons. The Labute approximate surface area is 182 Å². The van der Waals surface area contributed by atoms with Crippen molar-refractivity contribution in [3.05, 3.63) is 40.7 Å². The van der Waals surface area contributed by atoms with Crippen LogP contribution in [0.4, 0.5) is 15.2 Å². The fourth-order valence-electron chi connectivity index (χ4n) is 4.49. The number of hydrogen-bond acceptors (Lipinski definition) is 5. The van der Waals surface area contributed by atoms with Gasteiger partial charge in [0.05, 0.1) is 0 Å². The number of halogens is 1. The fraction of sp³-hybridized carbons (Fsp3) is 0.565. The third-order valence-corrected chi connectivity index (χ3v) is 7.19. The fourth-order valence-corrected chi connectivity index (χ4v) is 5.50. The Bertz CT molecular complexity index is 865. The van der Waals surface area contributed by atoms with Crippen molar-refractivity contribution in [1.82, 2.24) is 9.88 Å². The highest BCUT2D eigenvalue weighted by atomic mass is 32.1. The molecule has 1 amide bonds. The Balaban J connectivity index is 1.23. The predicted molar refractivity (Wildman–Crippen MR) is 121 cm³/mol. The quantitative estimate of drug-likeness (QED) is 0.684. The Hall–Kier alpha value is -1.99. The SMILES string of the molecule is Cc1cc(F)ccc1NC(=O)CC[C@@H]1CCCN(Cc2cnc(N3CCCC3)s2)C1. The number of hydrogen-bond donors (Lipinski definition) is 1. The second kappa shape index (κ2) is 9.88. The van der Waals surface area contributed by atoms with Crippen LogP contribution in [-0.2, 0) is 11.3 Å². The molecule has 0 bridgehead atoms. The molecule has 1 N–H and O–H groups in total. The summed E-state index contributed by atoms with van der Waals surface area (Å²) in [4.78, 5) is 23.2. The van der Waals surface area contributed by atoms with Crippen LogP contribution in [0, 0.1) is 18.7 Å². The number of piperidine rings is 1. The minimum atomic E-state index is -0.277. The second-order valence-electron chi connectivity index (χ2n) is 8.59. The average molecular weight is 431 g/mol. The van der Waals surface area contributed by atoms with E-state index in [1.54, 1.807) is 6.07 Å². The molecular formula is C23H31FN4OS. The van der Waals surface area contributed by atoms with Crippen LogP contribution < -0.4 is 10.2 Å². The molecule has 7 heteroatoms. The maximum Gasteiger partial charge on any atom is 0.224 e. The first-order chi connectivity index (χ1) is 14.6. The number of nitrogens with one attached hydrogen (secondary N) is 1. The van der Waals surface area contributed by atoms with Gasteiger partial charge in [0.25, 0.3) is 0 Å². The van der Waals surface area contributed by atoms with Gasteiger partial charge in [0.15, 0.2) is 5.13 Å². The van der Waals surface area contributed by atoms with Crippen LogP contribution in [0.3, 0.4) is 0 Å². The summed E-state index contributed by atoms with van der Waals surface area (Å²) < 4.78 is 13.2. The number of aromatic nitrogens is 1. The number of aryl methyl sites for hydroxylation is 1. The molecule has 0 saturated carbocycles. The molecule has 4 rings (SSSR count). The minimum Gasteiger partial charge on any atom is -0.348 e. The molecule has 162 valence electrons. The van der Waals surface area contributed by atoms with Crippen molar-refractivity contribution < 1.29 is 9.18 Å². The molecule has 0 unspecified atom stereocenters. The lowest BCUT2D eigenvalue weighted by Gasteiger charge is -2.32. The topological polar surface area (TPSA) is 48.5 Å². The third kappa shape index (κ3) is 5.58. The van der Waals surface area contributed by atoms with Crippen LogP contribution in [0.2, 0.25) is 0 Å². The van der Waals surface area contributed by atoms with Gasteiger partial charge in [-0.3, -0.25) is 9.69 Å². The maximum atomic E-state index is 13.2. The molecule has 2 saturated heterocycles. The van der Waals surface area contributed by atoms with Crippen LogP contribution in [0.15, 0.2) is 24.4 Å². The Morgan fingerprint density at radius 3 is 2.90 bits per heavy atom. The molecule has 3 heterocycles. The van der Waals surface area contributed by atoms with Crippen molar-refractivity contribution in [1.29, 1.82) is 0 Å². The molecule has 30 heavy (non-hydrogen) atoms. The highest BCUT2D eigenvalue weighted by molar-refractivity contribution is 7.15. The van der Waals surface area contributed by atoms with Gasteiger partial charge in [-0.05, 0) is 75.3 Å². The van der Waals surface area contributed by atoms with Crippen LogP contribution >= 0.6 is 11.3 Å². The van der Waals surface area contributed by atoms with Gasteiger partial charge in [0, 0.05) is 49.4 Å². The normalized spacial score (nSPS) is 19.9. The Morgan fingerprint density at radius 2 is 2.10 bits per heavy atom. The lowest BCUT2D eigenvalue weighted by Crippen LogP contribution is -2.35. The molecule has 0 aliphatic carbocycles. The Kier molecular flexibility index (Phi) is 7.00. The lowest BCUT2D eigenvalue weighted by molar-refractivity contribution is -0.116. The number of carbonyl (C=O) groups excluding carboxylic acids is 1. The summed E-state index contributed by atoms with van der Waals surface area (Å²) in [5, 5.41) is 4.10. The molecule has 2 aliphatic rings. The highest BCUT2D eigenvalue weighted by Crippen LogP contribution is 2.29. The van der Waals surface area contributed by atoms with E-state index in [0.29, 0.717) is 18.0 Å². The van der Waals surface area contributed by atoms with Crippen LogP contribution in [0.5, 0.6) is 0 Å². The van der Waals surface area contributed by atoms with Crippen molar-refractivity contribution in [3.8, 4) is 0 Å². The first-order valence-corrected chi connectivity index (χ1v) is 11.9. The number of likely N-dealkylation sites (tertiary alicyclic amines) is 1. The molecule has 2 fully saturated rings. The number of amides is 1. The highest BCUT2D eigenvalue weighted by Gasteiger charge is 2.22. The summed E-state index contributed by atoms with van der Waals surface area (Å²) >= 11 is 1.83. The van der Waals surface area contributed by atoms with Crippen molar-refractivity contribution in [3.63, 3.8) is 0 Å². The predicted octanol–water partition coefficient (Wildman–Crippen LogP) is 4.82. The average Bonchev–Trinajstić information content (AvgIpc) is 3.41. The standard InChI is InChI=1S/C23H31FN4OS/c1-17-13-19(24)7-8-21(17)26-22(29)9-6-18-5-4-10-27(15-18)16-20-14-25-23(30-20)28-11-2-3-12-28/h7-8,13-14,18H,2-6,9-12,15-16H2,1H3,(H,26,29)/t18-/m0/s1. The smallest absolute Gasteiger partial charge is 0.224 e. The summed E-state index contributed by atoms with van der Waals surface area (Å²) in [6.45, 7) is 7.21. The van der Waals surface area contributed by atoms with E-state index in [2.05, 4.69) is 20.1 Å². The van der Waals surface area contributed by atoms with Crippen LogP contribution in [0.25, 0.3) is 0 Å². The van der Waals surface area contributed by atoms with E-state index in [0.717, 1.165) is 44.7 Å². The summed E-state index contributed by atoms with van der Waals surface area (Å²) in [5.41, 5.74) is 1.45. The summed E-state index contributed by atoms with van der Waals surface area (Å²) in [6, 6.07) is 4.47. The molecule has 1 aromatic heterocycles. The molecule has 0 spiro atoms. The van der Waals surface area contributed by atoms with Gasteiger partial charge in [-0.2, -0.15) is 0 Å². The van der Waals surface area contributed by atoms with Gasteiger partial charge in [-0.15, -0.1) is 11.3 Å². The van der Waals surface area contributed by atoms with E-state index < -0.39 is 0 Å². The zero-order valence-corrected chi connectivity index (χ0v) is 18.5. The largest absolute Gasteiger partial charge is 0.348 e. The summed E-state index contributed by atoms with van der Waals surface area (Å²) in [6.07, 6.45) is 8.36. The van der Waals surface area contributed by atoms with Gasteiger partial charge < -0.3 is 10.2 Å². The maximum absolute atomic E-state index is 13.2. The zero-order chi connectivity index (χ0) is 20.9. The van der Waals surface area contributed by atoms with Gasteiger partial charge >= 0.3 is 0 Å². The van der Waals surface area contributed by atoms with E-state index in [4.69, 9.17) is 0 Å². The molecule has 1 aromatic carbocycles. The van der Waals surface area contributed by atoms with Crippen molar-refractivity contribution >= 4 is 28.1 Å². The van der Waals surface area contributed by atoms with E-state index in [9.17, 15) is 9.18 Å². The lowest BCUT2D eigenvalue weighted by atomic mass is 9.93. The number of benzene rings is 1. The van der Waals surface area contributed by atoms with E-state index in [-0.39, 0.29) is 11.7 Å². The van der Waals surface area contributed by atoms with Crippen LogP contribution in [-0.4, -0.2) is 42.0 Å². The first kappa shape index (κ1) is 21.2. The number of anilines is 2. The second-order valence-corrected chi connectivity index (χ2v) is 9.69. The van der Waals surface area contributed by atoms with Crippen molar-refractivity contribution in [2.45, 2.75) is 52.0 Å².